The number of rotatable bonds is 5. The molecule has 2 aliphatic heterocycles. The van der Waals surface area contributed by atoms with Gasteiger partial charge in [-0.05, 0) is 50.6 Å². The molecule has 0 unspecified atom stereocenters. The molecule has 0 fully saturated rings. The molecule has 8 nitrogen and oxygen atoms in total. The molecule has 1 spiro atoms. The average molecular weight is 595 g/mol. The van der Waals surface area contributed by atoms with Crippen molar-refractivity contribution in [3.8, 4) is 22.9 Å². The van der Waals surface area contributed by atoms with E-state index in [-0.39, 0.29) is 34.6 Å². The van der Waals surface area contributed by atoms with E-state index in [4.69, 9.17) is 37.7 Å². The standard InChI is InChI=1S/C30H25Cl2FN4O4/c1-14(2)36-26-25(35-27(36)24-20(33)12-18(40-4)13-23(24)41-5)28(38)37(22-11-17(32)7-6-15(22)3)30(26)19-9-8-16(31)10-21(19)34-29(30)39/h6-14H,1-5H3,(H,34,39)/t30-/m1/s1. The number of aryl methyl sites for hydroxylation is 1. The summed E-state index contributed by atoms with van der Waals surface area (Å²) in [4.78, 5) is 34.9. The molecule has 1 aromatic heterocycles. The Labute approximate surface area is 245 Å². The van der Waals surface area contributed by atoms with Gasteiger partial charge < -0.3 is 19.4 Å². The Bertz CT molecular complexity index is 1790. The average Bonchev–Trinajstić information content (AvgIpc) is 3.53. The van der Waals surface area contributed by atoms with Gasteiger partial charge in [-0.25, -0.2) is 9.37 Å². The lowest BCUT2D eigenvalue weighted by Gasteiger charge is -2.36. The van der Waals surface area contributed by atoms with E-state index in [0.717, 1.165) is 5.56 Å². The molecule has 0 saturated carbocycles. The highest BCUT2D eigenvalue weighted by molar-refractivity contribution is 6.32. The number of ether oxygens (including phenoxy) is 2. The second kappa shape index (κ2) is 9.49. The molecule has 2 aliphatic rings. The number of methoxy groups -OCH3 is 2. The molecule has 6 rings (SSSR count). The molecule has 0 radical (unpaired) electrons. The van der Waals surface area contributed by atoms with Crippen molar-refractivity contribution in [2.45, 2.75) is 32.4 Å². The molecule has 2 amide bonds. The quantitative estimate of drug-likeness (QED) is 0.276. The van der Waals surface area contributed by atoms with Crippen LogP contribution in [0.15, 0.2) is 48.5 Å². The van der Waals surface area contributed by atoms with Crippen LogP contribution in [0, 0.1) is 12.7 Å². The number of carbonyl (C=O) groups is 2. The lowest BCUT2D eigenvalue weighted by molar-refractivity contribution is -0.119. The van der Waals surface area contributed by atoms with E-state index in [1.54, 1.807) is 47.0 Å². The number of halogens is 3. The van der Waals surface area contributed by atoms with Crippen molar-refractivity contribution >= 4 is 46.4 Å². The minimum Gasteiger partial charge on any atom is -0.497 e. The van der Waals surface area contributed by atoms with Gasteiger partial charge in [0.05, 0.1) is 31.2 Å². The van der Waals surface area contributed by atoms with Crippen molar-refractivity contribution in [1.82, 2.24) is 9.55 Å². The van der Waals surface area contributed by atoms with Gasteiger partial charge in [0.2, 0.25) is 0 Å². The van der Waals surface area contributed by atoms with Gasteiger partial charge in [-0.1, -0.05) is 35.3 Å². The summed E-state index contributed by atoms with van der Waals surface area (Å²) >= 11 is 12.7. The molecule has 0 bridgehead atoms. The normalized spacial score (nSPS) is 17.3. The SMILES string of the molecule is COc1cc(F)c(-c2nc3c(n2C(C)C)[C@]2(C(=O)Nc4cc(Cl)ccc42)N(c2cc(Cl)ccc2C)C3=O)c(OC)c1. The van der Waals surface area contributed by atoms with Crippen molar-refractivity contribution in [2.24, 2.45) is 0 Å². The number of benzene rings is 3. The summed E-state index contributed by atoms with van der Waals surface area (Å²) in [5.41, 5.74) is 0.816. The van der Waals surface area contributed by atoms with E-state index in [1.165, 1.54) is 25.2 Å². The fraction of sp³-hybridized carbons (Fsp3) is 0.233. The Morgan fingerprint density at radius 2 is 1.71 bits per heavy atom. The molecular formula is C30H25Cl2FN4O4. The number of anilines is 2. The van der Waals surface area contributed by atoms with Crippen LogP contribution in [0.2, 0.25) is 10.0 Å². The molecule has 1 N–H and O–H groups in total. The fourth-order valence-electron chi connectivity index (χ4n) is 5.87. The first kappa shape index (κ1) is 27.1. The number of imidazole rings is 1. The molecule has 0 aliphatic carbocycles. The largest absolute Gasteiger partial charge is 0.497 e. The summed E-state index contributed by atoms with van der Waals surface area (Å²) in [6.45, 7) is 5.58. The topological polar surface area (TPSA) is 85.7 Å². The molecular weight excluding hydrogens is 570 g/mol. The highest BCUT2D eigenvalue weighted by Gasteiger charge is 2.64. The number of amides is 2. The summed E-state index contributed by atoms with van der Waals surface area (Å²) in [5, 5.41) is 3.73. The van der Waals surface area contributed by atoms with Crippen LogP contribution < -0.4 is 19.7 Å². The maximum absolute atomic E-state index is 15.7. The van der Waals surface area contributed by atoms with Gasteiger partial charge in [0.1, 0.15) is 23.1 Å². The number of nitrogens with one attached hydrogen (secondary N) is 1. The maximum Gasteiger partial charge on any atom is 0.280 e. The van der Waals surface area contributed by atoms with Gasteiger partial charge in [-0.2, -0.15) is 0 Å². The minimum absolute atomic E-state index is 0.0169. The zero-order chi connectivity index (χ0) is 29.4. The third-order valence-corrected chi connectivity index (χ3v) is 8.05. The zero-order valence-corrected chi connectivity index (χ0v) is 24.3. The van der Waals surface area contributed by atoms with E-state index in [9.17, 15) is 9.59 Å². The fourth-order valence-corrected chi connectivity index (χ4v) is 6.20. The van der Waals surface area contributed by atoms with Crippen LogP contribution in [0.4, 0.5) is 15.8 Å². The Kier molecular flexibility index (Phi) is 6.28. The molecule has 3 heterocycles. The van der Waals surface area contributed by atoms with Crippen LogP contribution in [0.3, 0.4) is 0 Å². The van der Waals surface area contributed by atoms with E-state index >= 15 is 4.39 Å². The Hall–Kier alpha value is -4.08. The Morgan fingerprint density at radius 3 is 2.39 bits per heavy atom. The lowest BCUT2D eigenvalue weighted by atomic mass is 9.86. The molecule has 41 heavy (non-hydrogen) atoms. The molecule has 0 saturated heterocycles. The first-order valence-electron chi connectivity index (χ1n) is 12.8. The van der Waals surface area contributed by atoms with Crippen molar-refractivity contribution in [3.05, 3.63) is 86.9 Å². The first-order valence-corrected chi connectivity index (χ1v) is 13.6. The van der Waals surface area contributed by atoms with Gasteiger partial charge in [-0.3, -0.25) is 14.5 Å². The Morgan fingerprint density at radius 1 is 1.00 bits per heavy atom. The number of fused-ring (bicyclic) bond motifs is 4. The monoisotopic (exact) mass is 594 g/mol. The summed E-state index contributed by atoms with van der Waals surface area (Å²) < 4.78 is 28.2. The van der Waals surface area contributed by atoms with Gasteiger partial charge in [0, 0.05) is 39.5 Å². The third kappa shape index (κ3) is 3.68. The van der Waals surface area contributed by atoms with E-state index in [0.29, 0.717) is 32.7 Å². The first-order chi connectivity index (χ1) is 19.5. The molecule has 11 heteroatoms. The minimum atomic E-state index is -1.69. The highest BCUT2D eigenvalue weighted by atomic mass is 35.5. The van der Waals surface area contributed by atoms with Gasteiger partial charge in [0.15, 0.2) is 11.2 Å². The smallest absolute Gasteiger partial charge is 0.280 e. The van der Waals surface area contributed by atoms with Crippen LogP contribution in [0.1, 0.15) is 47.2 Å². The number of aromatic nitrogens is 2. The van der Waals surface area contributed by atoms with E-state index in [1.807, 2.05) is 20.8 Å². The van der Waals surface area contributed by atoms with Crippen molar-refractivity contribution in [3.63, 3.8) is 0 Å². The lowest BCUT2D eigenvalue weighted by Crippen LogP contribution is -2.51. The highest BCUT2D eigenvalue weighted by Crippen LogP contribution is 2.55. The van der Waals surface area contributed by atoms with Crippen LogP contribution in [-0.4, -0.2) is 35.6 Å². The summed E-state index contributed by atoms with van der Waals surface area (Å²) in [5.74, 6) is -1.09. The van der Waals surface area contributed by atoms with Crippen LogP contribution in [0.25, 0.3) is 11.4 Å². The predicted octanol–water partition coefficient (Wildman–Crippen LogP) is 6.76. The number of hydrogen-bond donors (Lipinski definition) is 1. The van der Waals surface area contributed by atoms with Crippen molar-refractivity contribution < 1.29 is 23.5 Å². The van der Waals surface area contributed by atoms with Crippen LogP contribution >= 0.6 is 23.2 Å². The molecule has 1 atom stereocenters. The van der Waals surface area contributed by atoms with Crippen LogP contribution in [-0.2, 0) is 10.3 Å². The van der Waals surface area contributed by atoms with Gasteiger partial charge >= 0.3 is 0 Å². The second-order valence-corrected chi connectivity index (χ2v) is 11.1. The van der Waals surface area contributed by atoms with E-state index in [2.05, 4.69) is 5.32 Å². The maximum atomic E-state index is 15.7. The van der Waals surface area contributed by atoms with Crippen LogP contribution in [0.5, 0.6) is 11.5 Å². The zero-order valence-electron chi connectivity index (χ0n) is 22.8. The third-order valence-electron chi connectivity index (χ3n) is 7.58. The van der Waals surface area contributed by atoms with Crippen molar-refractivity contribution in [1.29, 1.82) is 0 Å². The molecule has 210 valence electrons. The van der Waals surface area contributed by atoms with Gasteiger partial charge in [0.25, 0.3) is 11.8 Å². The molecule has 4 aromatic rings. The predicted molar refractivity (Wildman–Crippen MR) is 155 cm³/mol. The summed E-state index contributed by atoms with van der Waals surface area (Å²) in [6, 6.07) is 12.6. The van der Waals surface area contributed by atoms with E-state index < -0.39 is 23.2 Å². The molecule has 3 aromatic carbocycles. The van der Waals surface area contributed by atoms with Gasteiger partial charge in [-0.15, -0.1) is 0 Å². The van der Waals surface area contributed by atoms with Crippen molar-refractivity contribution in [2.75, 3.05) is 24.4 Å². The second-order valence-electron chi connectivity index (χ2n) is 10.2. The Balaban J connectivity index is 1.75. The summed E-state index contributed by atoms with van der Waals surface area (Å²) in [7, 11) is 2.84. The summed E-state index contributed by atoms with van der Waals surface area (Å²) in [6.07, 6.45) is 0. The number of carbonyl (C=O) groups excluding carboxylic acids is 2. The number of hydrogen-bond acceptors (Lipinski definition) is 5. The number of nitrogens with zero attached hydrogens (tertiary/aromatic N) is 3.